The van der Waals surface area contributed by atoms with Crippen molar-refractivity contribution < 1.29 is 29.6 Å². The number of hydrogen-bond donors (Lipinski definition) is 6. The number of aliphatic hydroxyl groups is 1. The van der Waals surface area contributed by atoms with Crippen LogP contribution in [-0.2, 0) is 17.6 Å². The molecule has 0 saturated carbocycles. The fourth-order valence-electron chi connectivity index (χ4n) is 6.93. The van der Waals surface area contributed by atoms with Gasteiger partial charge in [-0.25, -0.2) is 0 Å². The SMILES string of the molecule is CCCCCC=CC(=O)CCc1ccc(O)c(OCCc2ccc(O)c(C3c4ccc(C(N)N)cc4C(CO)CC3C(=O)c3cc[nH]c3)c2)c1. The van der Waals surface area contributed by atoms with Crippen LogP contribution in [0.25, 0.3) is 0 Å². The van der Waals surface area contributed by atoms with Crippen molar-refractivity contribution in [1.82, 2.24) is 4.98 Å². The molecule has 9 nitrogen and oxygen atoms in total. The monoisotopic (exact) mass is 679 g/mol. The first-order valence-electron chi connectivity index (χ1n) is 17.6. The highest BCUT2D eigenvalue weighted by Crippen LogP contribution is 2.49. The molecular formula is C41H49N3O6. The van der Waals surface area contributed by atoms with Crippen LogP contribution in [0.3, 0.4) is 0 Å². The quantitative estimate of drug-likeness (QED) is 0.0309. The number of aromatic amines is 1. The molecule has 3 aromatic carbocycles. The molecule has 1 heterocycles. The summed E-state index contributed by atoms with van der Waals surface area (Å²) in [4.78, 5) is 29.2. The lowest BCUT2D eigenvalue weighted by atomic mass is 9.65. The standard InChI is InChI=1S/C41H49N3O6/c1-2-3-4-5-6-7-31(46)12-8-26-10-15-37(48)38(21-26)50-19-17-27-9-14-36(47)34(20-27)39-32-13-11-28(41(42)43)22-33(32)30(25-45)23-35(39)40(49)29-16-18-44-24-29/h6-7,9-11,13-16,18,20-22,24,30,35,39,41,44-45,47-48H,2-5,8,12,17,19,23,25,42-43H2,1H3. The van der Waals surface area contributed by atoms with Gasteiger partial charge in [0.05, 0.1) is 12.8 Å². The number of aromatic nitrogens is 1. The van der Waals surface area contributed by atoms with E-state index in [4.69, 9.17) is 16.2 Å². The van der Waals surface area contributed by atoms with Gasteiger partial charge in [0.25, 0.3) is 0 Å². The lowest BCUT2D eigenvalue weighted by molar-refractivity contribution is -0.114. The topological polar surface area (TPSA) is 172 Å². The first-order valence-corrected chi connectivity index (χ1v) is 17.6. The zero-order valence-electron chi connectivity index (χ0n) is 28.7. The summed E-state index contributed by atoms with van der Waals surface area (Å²) < 4.78 is 6.01. The van der Waals surface area contributed by atoms with E-state index in [0.29, 0.717) is 42.6 Å². The molecule has 0 saturated heterocycles. The lowest BCUT2D eigenvalue weighted by Crippen LogP contribution is -2.32. The number of allylic oxidation sites excluding steroid dienone is 2. The zero-order chi connectivity index (χ0) is 35.6. The second kappa shape index (κ2) is 17.3. The number of carbonyl (C=O) groups is 2. The maximum Gasteiger partial charge on any atom is 0.168 e. The summed E-state index contributed by atoms with van der Waals surface area (Å²) in [6.07, 6.45) is 12.4. The number of phenolic OH excluding ortho intramolecular Hbond substituents is 2. The number of ketones is 2. The molecule has 264 valence electrons. The van der Waals surface area contributed by atoms with Crippen LogP contribution in [0.5, 0.6) is 17.2 Å². The number of nitrogens with two attached hydrogens (primary N) is 2. The Hall–Kier alpha value is -4.70. The van der Waals surface area contributed by atoms with Crippen molar-refractivity contribution >= 4 is 11.6 Å². The minimum atomic E-state index is -0.695. The zero-order valence-corrected chi connectivity index (χ0v) is 28.7. The van der Waals surface area contributed by atoms with Gasteiger partial charge in [0, 0.05) is 60.7 Å². The van der Waals surface area contributed by atoms with Gasteiger partial charge in [-0.3, -0.25) is 9.59 Å². The number of aromatic hydroxyl groups is 2. The van der Waals surface area contributed by atoms with Gasteiger partial charge < -0.3 is 36.5 Å². The number of H-pyrrole nitrogens is 1. The Kier molecular flexibility index (Phi) is 12.7. The van der Waals surface area contributed by atoms with Crippen molar-refractivity contribution in [1.29, 1.82) is 0 Å². The number of ether oxygens (including phenoxy) is 1. The van der Waals surface area contributed by atoms with Crippen LogP contribution < -0.4 is 16.2 Å². The fourth-order valence-corrected chi connectivity index (χ4v) is 6.93. The molecule has 3 unspecified atom stereocenters. The van der Waals surface area contributed by atoms with E-state index in [1.54, 1.807) is 48.8 Å². The van der Waals surface area contributed by atoms with E-state index in [1.165, 1.54) is 0 Å². The summed E-state index contributed by atoms with van der Waals surface area (Å²) in [7, 11) is 0. The third kappa shape index (κ3) is 8.90. The van der Waals surface area contributed by atoms with Crippen molar-refractivity contribution in [2.75, 3.05) is 13.2 Å². The third-order valence-electron chi connectivity index (χ3n) is 9.69. The fraction of sp³-hybridized carbons (Fsp3) is 0.366. The van der Waals surface area contributed by atoms with Gasteiger partial charge >= 0.3 is 0 Å². The Morgan fingerprint density at radius 2 is 1.72 bits per heavy atom. The largest absolute Gasteiger partial charge is 0.508 e. The molecule has 0 amide bonds. The van der Waals surface area contributed by atoms with Gasteiger partial charge in [-0.2, -0.15) is 0 Å². The van der Waals surface area contributed by atoms with Crippen LogP contribution in [0.15, 0.2) is 85.2 Å². The molecule has 0 radical (unpaired) electrons. The van der Waals surface area contributed by atoms with Crippen molar-refractivity contribution in [2.45, 2.75) is 76.3 Å². The van der Waals surface area contributed by atoms with Gasteiger partial charge in [-0.15, -0.1) is 0 Å². The molecular weight excluding hydrogens is 630 g/mol. The number of benzene rings is 3. The summed E-state index contributed by atoms with van der Waals surface area (Å²) in [5.74, 6) is -0.924. The molecule has 0 fully saturated rings. The Balaban J connectivity index is 1.33. The number of aliphatic hydroxyl groups excluding tert-OH is 1. The van der Waals surface area contributed by atoms with Crippen molar-refractivity contribution in [3.63, 3.8) is 0 Å². The molecule has 3 atom stereocenters. The maximum atomic E-state index is 14.0. The molecule has 4 aromatic rings. The minimum Gasteiger partial charge on any atom is -0.508 e. The number of hydrogen-bond acceptors (Lipinski definition) is 8. The van der Waals surface area contributed by atoms with E-state index < -0.39 is 18.0 Å². The molecule has 5 rings (SSSR count). The van der Waals surface area contributed by atoms with E-state index in [0.717, 1.165) is 53.5 Å². The molecule has 0 aliphatic heterocycles. The molecule has 1 aromatic heterocycles. The Morgan fingerprint density at radius 3 is 2.44 bits per heavy atom. The average Bonchev–Trinajstić information content (AvgIpc) is 3.66. The van der Waals surface area contributed by atoms with E-state index in [9.17, 15) is 24.9 Å². The van der Waals surface area contributed by atoms with E-state index in [1.807, 2.05) is 36.4 Å². The second-order valence-corrected chi connectivity index (χ2v) is 13.2. The predicted molar refractivity (Wildman–Crippen MR) is 194 cm³/mol. The Morgan fingerprint density at radius 1 is 0.940 bits per heavy atom. The number of unbranched alkanes of at least 4 members (excludes halogenated alkanes) is 3. The smallest absolute Gasteiger partial charge is 0.168 e. The predicted octanol–water partition coefficient (Wildman–Crippen LogP) is 6.71. The Labute approximate surface area is 294 Å². The second-order valence-electron chi connectivity index (χ2n) is 13.2. The molecule has 1 aliphatic carbocycles. The van der Waals surface area contributed by atoms with E-state index in [2.05, 4.69) is 11.9 Å². The minimum absolute atomic E-state index is 0.0159. The molecule has 8 N–H and O–H groups in total. The molecule has 0 spiro atoms. The highest BCUT2D eigenvalue weighted by molar-refractivity contribution is 5.99. The van der Waals surface area contributed by atoms with Crippen LogP contribution in [0.1, 0.15) is 107 Å². The molecule has 1 aliphatic rings. The Bertz CT molecular complexity index is 1780. The number of fused-ring (bicyclic) bond motifs is 1. The van der Waals surface area contributed by atoms with Gasteiger partial charge in [-0.1, -0.05) is 62.2 Å². The number of carbonyl (C=O) groups excluding carboxylic acids is 2. The van der Waals surface area contributed by atoms with Gasteiger partial charge in [0.2, 0.25) is 0 Å². The van der Waals surface area contributed by atoms with E-state index in [-0.39, 0.29) is 42.2 Å². The lowest BCUT2D eigenvalue weighted by Gasteiger charge is -2.38. The molecule has 50 heavy (non-hydrogen) atoms. The van der Waals surface area contributed by atoms with Crippen LogP contribution in [0.4, 0.5) is 0 Å². The number of nitrogens with one attached hydrogen (secondary N) is 1. The number of Topliss-reactive ketones (excluding diaryl/α,β-unsaturated/α-hetero) is 1. The number of aryl methyl sites for hydroxylation is 1. The van der Waals surface area contributed by atoms with E-state index >= 15 is 0 Å². The number of phenols is 2. The normalized spacial score (nSPS) is 17.3. The van der Waals surface area contributed by atoms with Crippen molar-refractivity contribution in [3.8, 4) is 17.2 Å². The van der Waals surface area contributed by atoms with Crippen LogP contribution in [-0.4, -0.2) is 45.1 Å². The highest BCUT2D eigenvalue weighted by atomic mass is 16.5. The average molecular weight is 680 g/mol. The maximum absolute atomic E-state index is 14.0. The van der Waals surface area contributed by atoms with Gasteiger partial charge in [0.1, 0.15) is 5.75 Å². The first-order chi connectivity index (χ1) is 24.2. The van der Waals surface area contributed by atoms with Crippen LogP contribution >= 0.6 is 0 Å². The van der Waals surface area contributed by atoms with Gasteiger partial charge in [-0.05, 0) is 83.8 Å². The number of rotatable bonds is 17. The first kappa shape index (κ1) is 36.6. The van der Waals surface area contributed by atoms with Gasteiger partial charge in [0.15, 0.2) is 23.1 Å². The third-order valence-corrected chi connectivity index (χ3v) is 9.69. The highest BCUT2D eigenvalue weighted by Gasteiger charge is 2.41. The summed E-state index contributed by atoms with van der Waals surface area (Å²) in [5, 5.41) is 32.2. The summed E-state index contributed by atoms with van der Waals surface area (Å²) in [6.45, 7) is 2.25. The summed E-state index contributed by atoms with van der Waals surface area (Å²) in [6, 6.07) is 17.9. The van der Waals surface area contributed by atoms with Crippen LogP contribution in [0, 0.1) is 5.92 Å². The van der Waals surface area contributed by atoms with Crippen molar-refractivity contribution in [3.05, 3.63) is 124 Å². The molecule has 0 bridgehead atoms. The van der Waals surface area contributed by atoms with Crippen LogP contribution in [0.2, 0.25) is 0 Å². The summed E-state index contributed by atoms with van der Waals surface area (Å²) in [5.41, 5.74) is 17.3. The molecule has 9 heteroatoms. The van der Waals surface area contributed by atoms with Crippen molar-refractivity contribution in [2.24, 2.45) is 17.4 Å². The summed E-state index contributed by atoms with van der Waals surface area (Å²) >= 11 is 0.